The van der Waals surface area contributed by atoms with Gasteiger partial charge >= 0.3 is 18.0 Å². The minimum absolute atomic E-state index is 0.0513. The largest absolute Gasteiger partial charge is 0.495 e. The molecule has 8 nitrogen and oxygen atoms in total. The van der Waals surface area contributed by atoms with Gasteiger partial charge in [0.1, 0.15) is 16.9 Å². The normalized spacial score (nSPS) is 20.7. The molecule has 0 spiro atoms. The molecule has 0 N–H and O–H groups in total. The number of nitrogens with zero attached hydrogens (tertiary/aromatic N) is 1. The van der Waals surface area contributed by atoms with Crippen LogP contribution >= 0.6 is 0 Å². The smallest absolute Gasteiger partial charge is 0.411 e. The van der Waals surface area contributed by atoms with E-state index in [1.54, 1.807) is 34.6 Å². The van der Waals surface area contributed by atoms with Crippen molar-refractivity contribution in [2.45, 2.75) is 52.3 Å². The van der Waals surface area contributed by atoms with Gasteiger partial charge in [-0.15, -0.1) is 0 Å². The maximum absolute atomic E-state index is 12.6. The van der Waals surface area contributed by atoms with Crippen LogP contribution < -0.4 is 0 Å². The zero-order chi connectivity index (χ0) is 18.7. The van der Waals surface area contributed by atoms with Crippen molar-refractivity contribution in [2.24, 2.45) is 0 Å². The van der Waals surface area contributed by atoms with Crippen molar-refractivity contribution in [1.82, 2.24) is 4.90 Å². The molecule has 1 aliphatic heterocycles. The summed E-state index contributed by atoms with van der Waals surface area (Å²) in [5.41, 5.74) is -0.818. The van der Waals surface area contributed by atoms with Crippen LogP contribution in [0.15, 0.2) is 11.3 Å². The molecule has 1 amide bonds. The van der Waals surface area contributed by atoms with Crippen molar-refractivity contribution in [3.8, 4) is 0 Å². The number of esters is 2. The van der Waals surface area contributed by atoms with Crippen molar-refractivity contribution in [3.05, 3.63) is 11.3 Å². The Morgan fingerprint density at radius 1 is 1.12 bits per heavy atom. The van der Waals surface area contributed by atoms with Crippen LogP contribution in [0.3, 0.4) is 0 Å². The summed E-state index contributed by atoms with van der Waals surface area (Å²) in [6.45, 7) is 8.75. The quantitative estimate of drug-likeness (QED) is 0.566. The summed E-state index contributed by atoms with van der Waals surface area (Å²) in [4.78, 5) is 38.1. The molecular formula is C16H25NO7. The van der Waals surface area contributed by atoms with E-state index in [1.165, 1.54) is 14.2 Å². The highest BCUT2D eigenvalue weighted by atomic mass is 16.6. The van der Waals surface area contributed by atoms with Crippen LogP contribution in [0, 0.1) is 0 Å². The van der Waals surface area contributed by atoms with Crippen molar-refractivity contribution in [3.63, 3.8) is 0 Å². The van der Waals surface area contributed by atoms with Crippen molar-refractivity contribution < 1.29 is 33.3 Å². The van der Waals surface area contributed by atoms with Gasteiger partial charge in [0, 0.05) is 0 Å². The predicted octanol–water partition coefficient (Wildman–Crippen LogP) is 1.63. The molecule has 0 aromatic carbocycles. The maximum atomic E-state index is 12.6. The number of methoxy groups -OCH3 is 2. The van der Waals surface area contributed by atoms with E-state index in [9.17, 15) is 14.4 Å². The highest BCUT2D eigenvalue weighted by molar-refractivity contribution is 6.01. The number of ether oxygens (including phenoxy) is 4. The summed E-state index contributed by atoms with van der Waals surface area (Å²) in [5.74, 6) is -1.33. The van der Waals surface area contributed by atoms with Crippen molar-refractivity contribution in [2.75, 3.05) is 20.8 Å². The van der Waals surface area contributed by atoms with Gasteiger partial charge in [0.15, 0.2) is 6.04 Å². The molecule has 0 bridgehead atoms. The van der Waals surface area contributed by atoms with E-state index in [0.717, 1.165) is 4.90 Å². The second kappa shape index (κ2) is 7.55. The fourth-order valence-corrected chi connectivity index (χ4v) is 2.45. The standard InChI is InChI=1S/C16H25NO7/c1-8-23-12-9(2)17(15(20)24-16(3,4)5)11(14(19)22-7)10(12)13(18)21-6/h9,11H,8H2,1-7H3/t9-,11+/m0/s1. The molecule has 1 aliphatic rings. The minimum atomic E-state index is -1.28. The molecule has 0 aromatic rings. The lowest BCUT2D eigenvalue weighted by Crippen LogP contribution is -2.49. The second-order valence-electron chi connectivity index (χ2n) is 6.19. The summed E-state index contributed by atoms with van der Waals surface area (Å²) >= 11 is 0. The molecule has 1 heterocycles. The minimum Gasteiger partial charge on any atom is -0.495 e. The highest BCUT2D eigenvalue weighted by Gasteiger charge is 2.51. The van der Waals surface area contributed by atoms with Gasteiger partial charge in [-0.1, -0.05) is 0 Å². The van der Waals surface area contributed by atoms with E-state index in [-0.39, 0.29) is 17.9 Å². The van der Waals surface area contributed by atoms with Crippen molar-refractivity contribution >= 4 is 18.0 Å². The molecule has 0 saturated heterocycles. The Hall–Kier alpha value is -2.25. The fourth-order valence-electron chi connectivity index (χ4n) is 2.45. The molecule has 0 radical (unpaired) electrons. The van der Waals surface area contributed by atoms with Crippen LogP contribution in [0.4, 0.5) is 4.79 Å². The molecule has 0 fully saturated rings. The van der Waals surface area contributed by atoms with Crippen LogP contribution in [0.1, 0.15) is 34.6 Å². The maximum Gasteiger partial charge on any atom is 0.411 e. The number of hydrogen-bond donors (Lipinski definition) is 0. The lowest BCUT2D eigenvalue weighted by Gasteiger charge is -2.30. The van der Waals surface area contributed by atoms with Gasteiger partial charge in [0.25, 0.3) is 0 Å². The summed E-state index contributed by atoms with van der Waals surface area (Å²) in [5, 5.41) is 0. The lowest BCUT2D eigenvalue weighted by atomic mass is 10.1. The van der Waals surface area contributed by atoms with Gasteiger partial charge < -0.3 is 18.9 Å². The molecule has 8 heteroatoms. The summed E-state index contributed by atoms with van der Waals surface area (Å²) in [7, 11) is 2.36. The number of amides is 1. The zero-order valence-electron chi connectivity index (χ0n) is 15.2. The summed E-state index contributed by atoms with van der Waals surface area (Å²) in [6, 6.07) is -1.97. The molecule has 136 valence electrons. The molecular weight excluding hydrogens is 318 g/mol. The number of carbonyl (C=O) groups excluding carboxylic acids is 3. The first-order chi connectivity index (χ1) is 11.1. The van der Waals surface area contributed by atoms with Gasteiger partial charge in [-0.3, -0.25) is 4.90 Å². The van der Waals surface area contributed by atoms with E-state index in [1.807, 2.05) is 0 Å². The van der Waals surface area contributed by atoms with Crippen LogP contribution in [0.2, 0.25) is 0 Å². The number of rotatable bonds is 4. The van der Waals surface area contributed by atoms with E-state index in [0.29, 0.717) is 0 Å². The third-order valence-corrected chi connectivity index (χ3v) is 3.35. The first kappa shape index (κ1) is 19.8. The Morgan fingerprint density at radius 3 is 2.12 bits per heavy atom. The Bertz CT molecular complexity index is 547. The SMILES string of the molecule is CCOC1=C(C(=O)OC)[C@H](C(=O)OC)N(C(=O)OC(C)(C)C)[C@H]1C. The van der Waals surface area contributed by atoms with Gasteiger partial charge in [-0.05, 0) is 34.6 Å². The first-order valence-electron chi connectivity index (χ1n) is 7.63. The van der Waals surface area contributed by atoms with Crippen LogP contribution in [0.5, 0.6) is 0 Å². The van der Waals surface area contributed by atoms with Gasteiger partial charge in [-0.2, -0.15) is 0 Å². The first-order valence-corrected chi connectivity index (χ1v) is 7.63. The van der Waals surface area contributed by atoms with E-state index in [4.69, 9.17) is 18.9 Å². The zero-order valence-corrected chi connectivity index (χ0v) is 15.2. The molecule has 0 unspecified atom stereocenters. The van der Waals surface area contributed by atoms with E-state index < -0.39 is 35.7 Å². The van der Waals surface area contributed by atoms with Crippen molar-refractivity contribution in [1.29, 1.82) is 0 Å². The number of hydrogen-bond acceptors (Lipinski definition) is 7. The molecule has 0 aliphatic carbocycles. The number of carbonyl (C=O) groups is 3. The third kappa shape index (κ3) is 3.98. The Balaban J connectivity index is 3.38. The fraction of sp³-hybridized carbons (Fsp3) is 0.688. The van der Waals surface area contributed by atoms with Gasteiger partial charge in [-0.25, -0.2) is 14.4 Å². The highest BCUT2D eigenvalue weighted by Crippen LogP contribution is 2.34. The Labute approximate surface area is 141 Å². The second-order valence-corrected chi connectivity index (χ2v) is 6.19. The monoisotopic (exact) mass is 343 g/mol. The van der Waals surface area contributed by atoms with Gasteiger partial charge in [0.05, 0.1) is 26.9 Å². The average Bonchev–Trinajstić information content (AvgIpc) is 2.77. The molecule has 0 aromatic heterocycles. The average molecular weight is 343 g/mol. The van der Waals surface area contributed by atoms with Gasteiger partial charge in [0.2, 0.25) is 0 Å². The molecule has 1 rings (SSSR count). The predicted molar refractivity (Wildman–Crippen MR) is 84.0 cm³/mol. The lowest BCUT2D eigenvalue weighted by molar-refractivity contribution is -0.148. The van der Waals surface area contributed by atoms with E-state index in [2.05, 4.69) is 0 Å². The van der Waals surface area contributed by atoms with Crippen LogP contribution in [-0.2, 0) is 28.5 Å². The molecule has 2 atom stereocenters. The third-order valence-electron chi connectivity index (χ3n) is 3.35. The van der Waals surface area contributed by atoms with Crippen LogP contribution in [-0.4, -0.2) is 61.4 Å². The summed E-state index contributed by atoms with van der Waals surface area (Å²) < 4.78 is 20.4. The Morgan fingerprint density at radius 2 is 1.71 bits per heavy atom. The molecule has 0 saturated carbocycles. The molecule has 24 heavy (non-hydrogen) atoms. The van der Waals surface area contributed by atoms with E-state index >= 15 is 0 Å². The van der Waals surface area contributed by atoms with Crippen LogP contribution in [0.25, 0.3) is 0 Å². The summed E-state index contributed by atoms with van der Waals surface area (Å²) in [6.07, 6.45) is -0.749. The topological polar surface area (TPSA) is 91.4 Å². The Kier molecular flexibility index (Phi) is 6.22.